The predicted molar refractivity (Wildman–Crippen MR) is 95.7 cm³/mol. The number of hydrogen-bond acceptors (Lipinski definition) is 3. The van der Waals surface area contributed by atoms with E-state index in [0.29, 0.717) is 23.5 Å². The summed E-state index contributed by atoms with van der Waals surface area (Å²) in [6.07, 6.45) is 7.37. The van der Waals surface area contributed by atoms with Crippen molar-refractivity contribution in [3.05, 3.63) is 23.8 Å². The molecule has 0 radical (unpaired) electrons. The molecule has 0 amide bonds. The molecule has 1 N–H and O–H groups in total. The number of hydrogen-bond donors (Lipinski definition) is 1. The average molecular weight is 319 g/mol. The van der Waals surface area contributed by atoms with E-state index in [9.17, 15) is 0 Å². The Labute approximate surface area is 139 Å². The summed E-state index contributed by atoms with van der Waals surface area (Å²) < 4.78 is 10.8. The van der Waals surface area contributed by atoms with Gasteiger partial charge in [-0.1, -0.05) is 45.3 Å². The Morgan fingerprint density at radius 2 is 2.05 bits per heavy atom. The molecule has 1 unspecified atom stereocenters. The summed E-state index contributed by atoms with van der Waals surface area (Å²) in [5, 5.41) is 3.45. The maximum atomic E-state index is 5.53. The van der Waals surface area contributed by atoms with E-state index < -0.39 is 0 Å². The first-order chi connectivity index (χ1) is 10.6. The van der Waals surface area contributed by atoms with Gasteiger partial charge in [0.05, 0.1) is 7.11 Å². The average Bonchev–Trinajstić information content (AvgIpc) is 2.56. The minimum Gasteiger partial charge on any atom is -0.493 e. The zero-order chi connectivity index (χ0) is 16.5. The Hall–Kier alpha value is -1.73. The molecule has 3 nitrogen and oxygen atoms in total. The van der Waals surface area contributed by atoms with Crippen LogP contribution in [0, 0.1) is 18.3 Å². The maximum Gasteiger partial charge on any atom is 0.162 e. The lowest BCUT2D eigenvalue weighted by Crippen LogP contribution is -2.38. The second-order valence-corrected chi connectivity index (χ2v) is 5.64. The quantitative estimate of drug-likeness (QED) is 0.583. The topological polar surface area (TPSA) is 30.5 Å². The fourth-order valence-corrected chi connectivity index (χ4v) is 2.51. The standard InChI is InChI=1S/C18H25NO2S/c1-6-11-21-16-10-9-14(12-17(16)20-5)18(22)19-15(8-3)13(4)7-2/h1,9-10,12-13,15H,7-8,11H2,2-5H3,(H,19,22)/t13?,15-/m0/s1. The smallest absolute Gasteiger partial charge is 0.162 e. The van der Waals surface area contributed by atoms with Crippen LogP contribution in [0.5, 0.6) is 11.5 Å². The summed E-state index contributed by atoms with van der Waals surface area (Å²) in [5.74, 6) is 4.27. The molecule has 0 saturated carbocycles. The molecule has 120 valence electrons. The Kier molecular flexibility index (Phi) is 7.76. The molecule has 1 aromatic rings. The van der Waals surface area contributed by atoms with Crippen LogP contribution in [-0.4, -0.2) is 24.7 Å². The highest BCUT2D eigenvalue weighted by molar-refractivity contribution is 7.80. The number of rotatable bonds is 8. The number of nitrogens with one attached hydrogen (secondary N) is 1. The fourth-order valence-electron chi connectivity index (χ4n) is 2.23. The molecule has 0 aliphatic rings. The van der Waals surface area contributed by atoms with Crippen LogP contribution in [0.15, 0.2) is 18.2 Å². The number of methoxy groups -OCH3 is 1. The number of terminal acetylenes is 1. The van der Waals surface area contributed by atoms with E-state index in [1.165, 1.54) is 0 Å². The first-order valence-electron chi connectivity index (χ1n) is 7.62. The van der Waals surface area contributed by atoms with Crippen molar-refractivity contribution in [3.8, 4) is 23.8 Å². The van der Waals surface area contributed by atoms with Crippen molar-refractivity contribution in [2.45, 2.75) is 39.7 Å². The first kappa shape index (κ1) is 18.3. The highest BCUT2D eigenvalue weighted by Gasteiger charge is 2.16. The summed E-state index contributed by atoms with van der Waals surface area (Å²) in [5.41, 5.74) is 0.918. The molecule has 0 aliphatic heterocycles. The minimum atomic E-state index is 0.213. The van der Waals surface area contributed by atoms with Crippen molar-refractivity contribution in [2.24, 2.45) is 5.92 Å². The summed E-state index contributed by atoms with van der Waals surface area (Å²) >= 11 is 5.53. The summed E-state index contributed by atoms with van der Waals surface area (Å²) in [4.78, 5) is 0.731. The van der Waals surface area contributed by atoms with Crippen LogP contribution < -0.4 is 14.8 Å². The molecular weight excluding hydrogens is 294 g/mol. The van der Waals surface area contributed by atoms with E-state index in [1.807, 2.05) is 18.2 Å². The van der Waals surface area contributed by atoms with Crippen molar-refractivity contribution in [3.63, 3.8) is 0 Å². The number of ether oxygens (including phenoxy) is 2. The van der Waals surface area contributed by atoms with Crippen LogP contribution in [0.1, 0.15) is 39.2 Å². The molecular formula is C18H25NO2S. The van der Waals surface area contributed by atoms with Crippen molar-refractivity contribution in [1.29, 1.82) is 0 Å². The molecule has 2 atom stereocenters. The van der Waals surface area contributed by atoms with Gasteiger partial charge >= 0.3 is 0 Å². The van der Waals surface area contributed by atoms with Crippen LogP contribution in [0.4, 0.5) is 0 Å². The molecule has 0 aromatic heterocycles. The van der Waals surface area contributed by atoms with Gasteiger partial charge in [-0.25, -0.2) is 0 Å². The SMILES string of the molecule is C#CCOc1ccc(C(=S)N[C@@H](CC)C(C)CC)cc1OC. The van der Waals surface area contributed by atoms with Gasteiger partial charge in [-0.3, -0.25) is 0 Å². The zero-order valence-electron chi connectivity index (χ0n) is 13.8. The monoisotopic (exact) mass is 319 g/mol. The summed E-state index contributed by atoms with van der Waals surface area (Å²) in [6, 6.07) is 6.02. The number of benzene rings is 1. The van der Waals surface area contributed by atoms with Gasteiger partial charge in [-0.15, -0.1) is 6.42 Å². The van der Waals surface area contributed by atoms with Crippen molar-refractivity contribution < 1.29 is 9.47 Å². The molecule has 0 saturated heterocycles. The van der Waals surface area contributed by atoms with Crippen LogP contribution in [0.25, 0.3) is 0 Å². The third-order valence-corrected chi connectivity index (χ3v) is 4.18. The Bertz CT molecular complexity index is 536. The Balaban J connectivity index is 2.87. The van der Waals surface area contributed by atoms with Crippen LogP contribution in [0.2, 0.25) is 0 Å². The number of thiocarbonyl (C=S) groups is 1. The van der Waals surface area contributed by atoms with E-state index in [1.54, 1.807) is 7.11 Å². The molecule has 1 rings (SSSR count). The molecule has 0 aliphatic carbocycles. The highest BCUT2D eigenvalue weighted by Crippen LogP contribution is 2.28. The minimum absolute atomic E-state index is 0.213. The Morgan fingerprint density at radius 1 is 1.32 bits per heavy atom. The second kappa shape index (κ2) is 9.32. The second-order valence-electron chi connectivity index (χ2n) is 5.23. The van der Waals surface area contributed by atoms with Crippen LogP contribution >= 0.6 is 12.2 Å². The summed E-state index contributed by atoms with van der Waals surface area (Å²) in [6.45, 7) is 6.81. The maximum absolute atomic E-state index is 5.53. The molecule has 0 heterocycles. The molecule has 22 heavy (non-hydrogen) atoms. The normalized spacial score (nSPS) is 12.9. The van der Waals surface area contributed by atoms with Gasteiger partial charge in [0.25, 0.3) is 0 Å². The van der Waals surface area contributed by atoms with E-state index in [4.69, 9.17) is 28.1 Å². The summed E-state index contributed by atoms with van der Waals surface area (Å²) in [7, 11) is 1.60. The van der Waals surface area contributed by atoms with Gasteiger partial charge in [0.1, 0.15) is 11.6 Å². The van der Waals surface area contributed by atoms with Gasteiger partial charge in [0, 0.05) is 11.6 Å². The highest BCUT2D eigenvalue weighted by atomic mass is 32.1. The van der Waals surface area contributed by atoms with E-state index in [-0.39, 0.29) is 6.61 Å². The van der Waals surface area contributed by atoms with Gasteiger partial charge < -0.3 is 14.8 Å². The lowest BCUT2D eigenvalue weighted by atomic mass is 9.97. The first-order valence-corrected chi connectivity index (χ1v) is 8.03. The third kappa shape index (κ3) is 4.92. The van der Waals surface area contributed by atoms with Crippen molar-refractivity contribution in [2.75, 3.05) is 13.7 Å². The Morgan fingerprint density at radius 3 is 2.59 bits per heavy atom. The third-order valence-electron chi connectivity index (χ3n) is 3.82. The van der Waals surface area contributed by atoms with Gasteiger partial charge in [0.15, 0.2) is 11.5 Å². The fraction of sp³-hybridized carbons (Fsp3) is 0.500. The van der Waals surface area contributed by atoms with Gasteiger partial charge in [-0.2, -0.15) is 0 Å². The van der Waals surface area contributed by atoms with E-state index >= 15 is 0 Å². The van der Waals surface area contributed by atoms with Crippen LogP contribution in [0.3, 0.4) is 0 Å². The van der Waals surface area contributed by atoms with E-state index in [0.717, 1.165) is 23.4 Å². The van der Waals surface area contributed by atoms with Crippen molar-refractivity contribution in [1.82, 2.24) is 5.32 Å². The molecule has 0 fully saturated rings. The molecule has 0 spiro atoms. The molecule has 4 heteroatoms. The van der Waals surface area contributed by atoms with Crippen molar-refractivity contribution >= 4 is 17.2 Å². The van der Waals surface area contributed by atoms with Crippen LogP contribution in [-0.2, 0) is 0 Å². The molecule has 1 aromatic carbocycles. The lowest BCUT2D eigenvalue weighted by molar-refractivity contribution is 0.331. The zero-order valence-corrected chi connectivity index (χ0v) is 14.6. The van der Waals surface area contributed by atoms with E-state index in [2.05, 4.69) is 32.0 Å². The largest absolute Gasteiger partial charge is 0.493 e. The predicted octanol–water partition coefficient (Wildman–Crippen LogP) is 3.80. The molecule has 0 bridgehead atoms. The van der Waals surface area contributed by atoms with Gasteiger partial charge in [-0.05, 0) is 30.5 Å². The lowest BCUT2D eigenvalue weighted by Gasteiger charge is -2.24. The van der Waals surface area contributed by atoms with Gasteiger partial charge in [0.2, 0.25) is 0 Å².